The minimum atomic E-state index is -0.307. The molecule has 5 nitrogen and oxygen atoms in total. The predicted octanol–water partition coefficient (Wildman–Crippen LogP) is 1.06. The number of aromatic nitrogens is 2. The van der Waals surface area contributed by atoms with Crippen LogP contribution in [0.1, 0.15) is 17.0 Å². The van der Waals surface area contributed by atoms with Gasteiger partial charge in [0.05, 0.1) is 12.7 Å². The highest BCUT2D eigenvalue weighted by Gasteiger charge is 2.07. The van der Waals surface area contributed by atoms with E-state index in [1.807, 2.05) is 6.07 Å². The van der Waals surface area contributed by atoms with Gasteiger partial charge in [0, 0.05) is 11.8 Å². The zero-order valence-electron chi connectivity index (χ0n) is 8.67. The maximum Gasteiger partial charge on any atom is 0.269 e. The minimum Gasteiger partial charge on any atom is -0.359 e. The van der Waals surface area contributed by atoms with Crippen molar-refractivity contribution < 1.29 is 4.52 Å². The molecule has 80 valence electrons. The van der Waals surface area contributed by atoms with E-state index in [0.29, 0.717) is 12.3 Å². The number of hydrogen-bond donors (Lipinski definition) is 0. The standard InChI is InChI=1S/C11H9N3O2/c1-8-2-3-9(6-12)11(15)14(8)7-10-4-5-13-16-10/h2-5H,7H2,1H3. The van der Waals surface area contributed by atoms with Crippen LogP contribution in [0.5, 0.6) is 0 Å². The summed E-state index contributed by atoms with van der Waals surface area (Å²) in [5, 5.41) is 12.3. The SMILES string of the molecule is Cc1ccc(C#N)c(=O)n1Cc1ccno1. The van der Waals surface area contributed by atoms with E-state index in [0.717, 1.165) is 5.69 Å². The molecule has 2 rings (SSSR count). The van der Waals surface area contributed by atoms with Crippen molar-refractivity contribution in [3.8, 4) is 6.07 Å². The molecule has 0 atom stereocenters. The Morgan fingerprint density at radius 1 is 1.50 bits per heavy atom. The average molecular weight is 215 g/mol. The van der Waals surface area contributed by atoms with Crippen molar-refractivity contribution in [3.63, 3.8) is 0 Å². The van der Waals surface area contributed by atoms with Crippen molar-refractivity contribution in [2.24, 2.45) is 0 Å². The van der Waals surface area contributed by atoms with Gasteiger partial charge < -0.3 is 9.09 Å². The van der Waals surface area contributed by atoms with Gasteiger partial charge in [0.1, 0.15) is 11.6 Å². The van der Waals surface area contributed by atoms with E-state index in [1.54, 1.807) is 19.1 Å². The maximum absolute atomic E-state index is 11.8. The summed E-state index contributed by atoms with van der Waals surface area (Å²) >= 11 is 0. The Hall–Kier alpha value is -2.35. The summed E-state index contributed by atoms with van der Waals surface area (Å²) in [6.07, 6.45) is 1.52. The Balaban J connectivity index is 2.49. The number of hydrogen-bond acceptors (Lipinski definition) is 4. The molecule has 0 bridgehead atoms. The first-order valence-electron chi connectivity index (χ1n) is 4.72. The van der Waals surface area contributed by atoms with Gasteiger partial charge in [0.2, 0.25) is 0 Å². The van der Waals surface area contributed by atoms with Crippen molar-refractivity contribution in [2.45, 2.75) is 13.5 Å². The second kappa shape index (κ2) is 4.03. The van der Waals surface area contributed by atoms with Crippen LogP contribution in [0, 0.1) is 18.3 Å². The first kappa shape index (κ1) is 10.2. The Bertz CT molecular complexity index is 591. The Morgan fingerprint density at radius 2 is 2.31 bits per heavy atom. The van der Waals surface area contributed by atoms with E-state index in [4.69, 9.17) is 9.78 Å². The second-order valence-corrected chi connectivity index (χ2v) is 3.37. The van der Waals surface area contributed by atoms with E-state index in [2.05, 4.69) is 5.16 Å². The number of nitriles is 1. The summed E-state index contributed by atoms with van der Waals surface area (Å²) in [7, 11) is 0. The molecule has 0 spiro atoms. The maximum atomic E-state index is 11.8. The van der Waals surface area contributed by atoms with Crippen molar-refractivity contribution in [1.82, 2.24) is 9.72 Å². The Kier molecular flexibility index (Phi) is 2.56. The topological polar surface area (TPSA) is 71.8 Å². The molecule has 0 fully saturated rings. The third-order valence-corrected chi connectivity index (χ3v) is 2.32. The van der Waals surface area contributed by atoms with Gasteiger partial charge in [-0.1, -0.05) is 5.16 Å². The van der Waals surface area contributed by atoms with Gasteiger partial charge >= 0.3 is 0 Å². The van der Waals surface area contributed by atoms with Crippen molar-refractivity contribution in [1.29, 1.82) is 5.26 Å². The molecule has 0 aliphatic rings. The largest absolute Gasteiger partial charge is 0.359 e. The van der Waals surface area contributed by atoms with E-state index < -0.39 is 0 Å². The van der Waals surface area contributed by atoms with Gasteiger partial charge in [0.25, 0.3) is 5.56 Å². The highest BCUT2D eigenvalue weighted by atomic mass is 16.5. The molecule has 0 aromatic carbocycles. The Labute approximate surface area is 91.5 Å². The van der Waals surface area contributed by atoms with Crippen LogP contribution in [0.4, 0.5) is 0 Å². The number of rotatable bonds is 2. The molecule has 0 saturated heterocycles. The van der Waals surface area contributed by atoms with Crippen molar-refractivity contribution in [2.75, 3.05) is 0 Å². The lowest BCUT2D eigenvalue weighted by atomic mass is 10.2. The van der Waals surface area contributed by atoms with Crippen LogP contribution in [-0.4, -0.2) is 9.72 Å². The van der Waals surface area contributed by atoms with Gasteiger partial charge in [-0.3, -0.25) is 4.79 Å². The molecular weight excluding hydrogens is 206 g/mol. The van der Waals surface area contributed by atoms with Crippen molar-refractivity contribution >= 4 is 0 Å². The molecule has 5 heteroatoms. The van der Waals surface area contributed by atoms with Crippen LogP contribution in [0.25, 0.3) is 0 Å². The van der Waals surface area contributed by atoms with Crippen LogP contribution in [0.15, 0.2) is 33.7 Å². The van der Waals surface area contributed by atoms with Gasteiger partial charge in [-0.25, -0.2) is 0 Å². The zero-order valence-corrected chi connectivity index (χ0v) is 8.67. The van der Waals surface area contributed by atoms with Gasteiger partial charge in [-0.05, 0) is 19.1 Å². The predicted molar refractivity (Wildman–Crippen MR) is 55.8 cm³/mol. The molecule has 2 aromatic rings. The highest BCUT2D eigenvalue weighted by Crippen LogP contribution is 2.03. The normalized spacial score (nSPS) is 10.0. The molecular formula is C11H9N3O2. The summed E-state index contributed by atoms with van der Waals surface area (Å²) < 4.78 is 6.41. The average Bonchev–Trinajstić information content (AvgIpc) is 2.77. The molecule has 0 unspecified atom stereocenters. The molecule has 0 N–H and O–H groups in total. The lowest BCUT2D eigenvalue weighted by Gasteiger charge is -2.07. The Morgan fingerprint density at radius 3 is 2.94 bits per heavy atom. The quantitative estimate of drug-likeness (QED) is 0.751. The summed E-state index contributed by atoms with van der Waals surface area (Å²) in [4.78, 5) is 11.8. The van der Waals surface area contributed by atoms with E-state index in [-0.39, 0.29) is 11.1 Å². The highest BCUT2D eigenvalue weighted by molar-refractivity contribution is 5.27. The molecule has 16 heavy (non-hydrogen) atoms. The number of nitrogens with zero attached hydrogens (tertiary/aromatic N) is 3. The summed E-state index contributed by atoms with van der Waals surface area (Å²) in [6.45, 7) is 2.10. The lowest BCUT2D eigenvalue weighted by molar-refractivity contribution is 0.374. The summed E-state index contributed by atoms with van der Waals surface area (Å²) in [5.74, 6) is 0.584. The molecule has 0 aliphatic heterocycles. The molecule has 0 amide bonds. The van der Waals surface area contributed by atoms with Crippen molar-refractivity contribution in [3.05, 3.63) is 51.8 Å². The number of aryl methyl sites for hydroxylation is 1. The lowest BCUT2D eigenvalue weighted by Crippen LogP contribution is -2.24. The first-order valence-corrected chi connectivity index (χ1v) is 4.72. The fourth-order valence-electron chi connectivity index (χ4n) is 1.43. The van der Waals surface area contributed by atoms with E-state index in [1.165, 1.54) is 16.8 Å². The molecule has 2 heterocycles. The van der Waals surface area contributed by atoms with Gasteiger partial charge in [-0.2, -0.15) is 5.26 Å². The van der Waals surface area contributed by atoms with Crippen LogP contribution >= 0.6 is 0 Å². The summed E-state index contributed by atoms with van der Waals surface area (Å²) in [6, 6.07) is 6.80. The summed E-state index contributed by atoms with van der Waals surface area (Å²) in [5.41, 5.74) is 0.601. The zero-order chi connectivity index (χ0) is 11.5. The molecule has 2 aromatic heterocycles. The second-order valence-electron chi connectivity index (χ2n) is 3.37. The third-order valence-electron chi connectivity index (χ3n) is 2.32. The van der Waals surface area contributed by atoms with E-state index in [9.17, 15) is 4.79 Å². The van der Waals surface area contributed by atoms with E-state index >= 15 is 0 Å². The fourth-order valence-corrected chi connectivity index (χ4v) is 1.43. The number of pyridine rings is 1. The molecule has 0 aliphatic carbocycles. The smallest absolute Gasteiger partial charge is 0.269 e. The first-order chi connectivity index (χ1) is 7.72. The van der Waals surface area contributed by atoms with Gasteiger partial charge in [0.15, 0.2) is 5.76 Å². The monoisotopic (exact) mass is 215 g/mol. The molecule has 0 saturated carbocycles. The van der Waals surface area contributed by atoms with Crippen LogP contribution in [-0.2, 0) is 6.54 Å². The van der Waals surface area contributed by atoms with Gasteiger partial charge in [-0.15, -0.1) is 0 Å². The van der Waals surface area contributed by atoms with Crippen LogP contribution in [0.2, 0.25) is 0 Å². The fraction of sp³-hybridized carbons (Fsp3) is 0.182. The molecule has 0 radical (unpaired) electrons. The van der Waals surface area contributed by atoms with Crippen LogP contribution < -0.4 is 5.56 Å². The third kappa shape index (κ3) is 1.73. The minimum absolute atomic E-state index is 0.130. The van der Waals surface area contributed by atoms with Crippen LogP contribution in [0.3, 0.4) is 0 Å².